The molecule has 0 bridgehead atoms. The molecule has 36 heavy (non-hydrogen) atoms. The third-order valence-corrected chi connectivity index (χ3v) is 1.89. The minimum atomic E-state index is 0. The summed E-state index contributed by atoms with van der Waals surface area (Å²) in [6.07, 6.45) is 0. The fraction of sp³-hybridized carbons (Fsp3) is 0.438. The SMILES string of the molecule is CC.CC.CC.CC.CC.CC.CO.CO.P.P.c1ccccc#1.c1ccccc1.c1ccccc1. The van der Waals surface area contributed by atoms with E-state index in [1.54, 1.807) is 0 Å². The lowest BCUT2D eigenvalue weighted by molar-refractivity contribution is 0.399. The molecule has 0 aliphatic carbocycles. The first-order chi connectivity index (χ1) is 17.0. The molecule has 2 N–H and O–H groups in total. The second-order valence-electron chi connectivity index (χ2n) is 3.32. The first-order valence-electron chi connectivity index (χ1n) is 12.7. The topological polar surface area (TPSA) is 40.5 Å². The highest BCUT2D eigenvalue weighted by molar-refractivity contribution is 6.92. The van der Waals surface area contributed by atoms with Crippen molar-refractivity contribution < 1.29 is 10.2 Å². The van der Waals surface area contributed by atoms with E-state index in [-0.39, 0.29) is 19.8 Å². The summed E-state index contributed by atoms with van der Waals surface area (Å²) in [4.78, 5) is 0. The minimum Gasteiger partial charge on any atom is -0.400 e. The standard InChI is InChI=1S/2C6H6.C6H4.6C2H6.2CH4O.2H3P/c3*1-2-4-6-5-3-1;8*1-2;;/h2*1-6H;1-4H;6*1-2H3;2*2H,1H3;2*1H3. The van der Waals surface area contributed by atoms with Crippen LogP contribution in [0.1, 0.15) is 83.1 Å². The van der Waals surface area contributed by atoms with Crippen LogP contribution >= 0.6 is 19.8 Å². The maximum Gasteiger partial charge on any atom is 0.0319 e. The summed E-state index contributed by atoms with van der Waals surface area (Å²) in [6, 6.07) is 37.0. The summed E-state index contributed by atoms with van der Waals surface area (Å²) in [7, 11) is 2.00. The van der Waals surface area contributed by atoms with Crippen molar-refractivity contribution in [2.24, 2.45) is 0 Å². The van der Waals surface area contributed by atoms with Gasteiger partial charge in [0, 0.05) is 14.2 Å². The van der Waals surface area contributed by atoms with Gasteiger partial charge in [-0.3, -0.25) is 0 Å². The Bertz CT molecular complexity index is 313. The average Bonchev–Trinajstić information content (AvgIpc) is 3.04. The Hall–Kier alpha value is -1.74. The molecule has 0 heterocycles. The largest absolute Gasteiger partial charge is 0.400 e. The summed E-state index contributed by atoms with van der Waals surface area (Å²) >= 11 is 0. The van der Waals surface area contributed by atoms with Crippen LogP contribution in [0, 0.1) is 12.1 Å². The lowest BCUT2D eigenvalue weighted by Gasteiger charge is -1.69. The minimum absolute atomic E-state index is 0. The fourth-order valence-corrected chi connectivity index (χ4v) is 1.07. The van der Waals surface area contributed by atoms with Crippen LogP contribution < -0.4 is 0 Å². The van der Waals surface area contributed by atoms with Gasteiger partial charge in [-0.1, -0.05) is 180 Å². The highest BCUT2D eigenvalue weighted by Crippen LogP contribution is 1.80. The summed E-state index contributed by atoms with van der Waals surface area (Å²) in [5.41, 5.74) is 0. The molecule has 0 saturated carbocycles. The van der Waals surface area contributed by atoms with Crippen LogP contribution in [0.5, 0.6) is 0 Å². The molecule has 0 aromatic heterocycles. The van der Waals surface area contributed by atoms with Crippen LogP contribution in [0.2, 0.25) is 0 Å². The Labute approximate surface area is 236 Å². The highest BCUT2D eigenvalue weighted by atomic mass is 31.0. The van der Waals surface area contributed by atoms with E-state index in [0.29, 0.717) is 0 Å². The highest BCUT2D eigenvalue weighted by Gasteiger charge is 1.58. The Balaban J connectivity index is -0.0000000271. The third-order valence-electron chi connectivity index (χ3n) is 1.89. The summed E-state index contributed by atoms with van der Waals surface area (Å²) < 4.78 is 0. The molecule has 0 radical (unpaired) electrons. The van der Waals surface area contributed by atoms with Crippen molar-refractivity contribution in [3.8, 4) is 0 Å². The second-order valence-corrected chi connectivity index (χ2v) is 3.32. The van der Waals surface area contributed by atoms with Gasteiger partial charge in [0.25, 0.3) is 0 Å². The molecule has 2 nitrogen and oxygen atoms in total. The first kappa shape index (κ1) is 64.4. The summed E-state index contributed by atoms with van der Waals surface area (Å²) in [5, 5.41) is 14.0. The molecule has 2 unspecified atom stereocenters. The summed E-state index contributed by atoms with van der Waals surface area (Å²) in [6.45, 7) is 24.0. The Morgan fingerprint density at radius 2 is 0.389 bits per heavy atom. The molecule has 0 aliphatic rings. The molecular weight excluding hydrogens is 478 g/mol. The average molecular weight is 545 g/mol. The van der Waals surface area contributed by atoms with Crippen molar-refractivity contribution in [1.29, 1.82) is 0 Å². The molecule has 0 saturated heterocycles. The molecule has 3 aromatic rings. The second kappa shape index (κ2) is 131. The monoisotopic (exact) mass is 544 g/mol. The third kappa shape index (κ3) is 119. The van der Waals surface area contributed by atoms with Crippen LogP contribution in [0.15, 0.2) is 97.1 Å². The van der Waals surface area contributed by atoms with Gasteiger partial charge in [0.1, 0.15) is 0 Å². The first-order valence-corrected chi connectivity index (χ1v) is 12.7. The van der Waals surface area contributed by atoms with Gasteiger partial charge in [0.15, 0.2) is 0 Å². The quantitative estimate of drug-likeness (QED) is 0.276. The molecule has 0 amide bonds. The van der Waals surface area contributed by atoms with Gasteiger partial charge in [-0.15, -0.1) is 0 Å². The van der Waals surface area contributed by atoms with Crippen LogP contribution in [0.3, 0.4) is 0 Å². The van der Waals surface area contributed by atoms with Crippen LogP contribution in [-0.2, 0) is 0 Å². The molecule has 3 aromatic carbocycles. The summed E-state index contributed by atoms with van der Waals surface area (Å²) in [5.74, 6) is 0. The predicted octanol–water partition coefficient (Wildman–Crippen LogP) is 10.2. The lowest BCUT2D eigenvalue weighted by atomic mass is 10.4. The molecule has 0 spiro atoms. The van der Waals surface area contributed by atoms with E-state index >= 15 is 0 Å². The Kier molecular flexibility index (Phi) is 234. The Morgan fingerprint density at radius 3 is 0.444 bits per heavy atom. The molecule has 216 valence electrons. The predicted molar refractivity (Wildman–Crippen MR) is 184 cm³/mol. The van der Waals surface area contributed by atoms with Gasteiger partial charge in [0.2, 0.25) is 0 Å². The van der Waals surface area contributed by atoms with Gasteiger partial charge in [-0.25, -0.2) is 0 Å². The van der Waals surface area contributed by atoms with Gasteiger partial charge in [-0.05, 0) is 12.1 Å². The van der Waals surface area contributed by atoms with Gasteiger partial charge in [0.05, 0.1) is 0 Å². The normalized spacial score (nSPS) is 5.11. The van der Waals surface area contributed by atoms with Crippen molar-refractivity contribution in [2.75, 3.05) is 14.2 Å². The van der Waals surface area contributed by atoms with Gasteiger partial charge >= 0.3 is 0 Å². The fourth-order valence-electron chi connectivity index (χ4n) is 1.07. The van der Waals surface area contributed by atoms with E-state index in [1.807, 2.05) is 180 Å². The number of aliphatic hydroxyl groups excluding tert-OH is 2. The molecular formula is C32H66O2P2. The van der Waals surface area contributed by atoms with Crippen LogP contribution in [0.4, 0.5) is 0 Å². The van der Waals surface area contributed by atoms with Gasteiger partial charge < -0.3 is 10.2 Å². The lowest BCUT2D eigenvalue weighted by Crippen LogP contribution is -1.47. The Morgan fingerprint density at radius 1 is 0.278 bits per heavy atom. The molecule has 0 fully saturated rings. The van der Waals surface area contributed by atoms with E-state index in [1.165, 1.54) is 0 Å². The smallest absolute Gasteiger partial charge is 0.0319 e. The number of hydrogen-bond donors (Lipinski definition) is 2. The number of aliphatic hydroxyl groups is 2. The number of benzene rings is 2. The van der Waals surface area contributed by atoms with Crippen molar-refractivity contribution in [3.63, 3.8) is 0 Å². The zero-order chi connectivity index (χ0) is 28.7. The maximum atomic E-state index is 7.00. The van der Waals surface area contributed by atoms with E-state index < -0.39 is 0 Å². The molecule has 0 aliphatic heterocycles. The van der Waals surface area contributed by atoms with Crippen molar-refractivity contribution >= 4 is 19.8 Å². The molecule has 4 heteroatoms. The van der Waals surface area contributed by atoms with E-state index in [2.05, 4.69) is 12.1 Å². The van der Waals surface area contributed by atoms with Crippen molar-refractivity contribution in [2.45, 2.75) is 83.1 Å². The van der Waals surface area contributed by atoms with E-state index in [4.69, 9.17) is 10.2 Å². The zero-order valence-electron chi connectivity index (χ0n) is 26.5. The van der Waals surface area contributed by atoms with E-state index in [9.17, 15) is 0 Å². The van der Waals surface area contributed by atoms with Crippen LogP contribution in [-0.4, -0.2) is 24.4 Å². The number of hydrogen-bond acceptors (Lipinski definition) is 2. The van der Waals surface area contributed by atoms with Crippen molar-refractivity contribution in [1.82, 2.24) is 0 Å². The zero-order valence-corrected chi connectivity index (χ0v) is 29.4. The van der Waals surface area contributed by atoms with Crippen molar-refractivity contribution in [3.05, 3.63) is 109 Å². The van der Waals surface area contributed by atoms with Crippen LogP contribution in [0.25, 0.3) is 0 Å². The van der Waals surface area contributed by atoms with Gasteiger partial charge in [-0.2, -0.15) is 19.8 Å². The number of rotatable bonds is 0. The molecule has 2 atom stereocenters. The van der Waals surface area contributed by atoms with E-state index in [0.717, 1.165) is 14.2 Å². The molecule has 3 rings (SSSR count). The maximum absolute atomic E-state index is 7.00.